The van der Waals surface area contributed by atoms with Gasteiger partial charge in [0.2, 0.25) is 15.9 Å². The number of halogens is 3. The van der Waals surface area contributed by atoms with Gasteiger partial charge in [-0.15, -0.1) is 0 Å². The number of piperidine rings is 1. The van der Waals surface area contributed by atoms with Gasteiger partial charge in [-0.05, 0) is 48.7 Å². The third-order valence-corrected chi connectivity index (χ3v) is 8.64. The fourth-order valence-electron chi connectivity index (χ4n) is 4.13. The van der Waals surface area contributed by atoms with Crippen molar-refractivity contribution in [2.75, 3.05) is 18.4 Å². The van der Waals surface area contributed by atoms with Gasteiger partial charge in [-0.3, -0.25) is 9.59 Å². The smallest absolute Gasteiger partial charge is 0.228 e. The molecule has 1 aliphatic heterocycles. The summed E-state index contributed by atoms with van der Waals surface area (Å²) in [6.45, 7) is 0.352. The summed E-state index contributed by atoms with van der Waals surface area (Å²) in [7, 11) is -3.72. The van der Waals surface area contributed by atoms with Crippen LogP contribution in [0.3, 0.4) is 0 Å². The molecule has 1 fully saturated rings. The Morgan fingerprint density at radius 2 is 1.64 bits per heavy atom. The molecule has 0 bridgehead atoms. The summed E-state index contributed by atoms with van der Waals surface area (Å²) in [6, 6.07) is 18.0. The molecule has 6 nitrogen and oxygen atoms in total. The Labute approximate surface area is 225 Å². The van der Waals surface area contributed by atoms with E-state index in [1.165, 1.54) is 16.4 Å². The molecule has 1 amide bonds. The lowest BCUT2D eigenvalue weighted by atomic mass is 9.97. The lowest BCUT2D eigenvalue weighted by Gasteiger charge is -2.31. The van der Waals surface area contributed by atoms with Gasteiger partial charge in [0.05, 0.1) is 17.4 Å². The van der Waals surface area contributed by atoms with E-state index in [0.29, 0.717) is 46.2 Å². The molecule has 188 valence electrons. The topological polar surface area (TPSA) is 83.6 Å². The van der Waals surface area contributed by atoms with Crippen molar-refractivity contribution in [2.45, 2.75) is 18.6 Å². The summed E-state index contributed by atoms with van der Waals surface area (Å²) in [5, 5.41) is 3.88. The molecule has 4 rings (SSSR count). The van der Waals surface area contributed by atoms with Crippen molar-refractivity contribution in [1.29, 1.82) is 0 Å². The fraction of sp³-hybridized carbons (Fsp3) is 0.231. The number of sulfonamides is 1. The van der Waals surface area contributed by atoms with Gasteiger partial charge in [-0.2, -0.15) is 0 Å². The molecule has 10 heteroatoms. The molecule has 3 aromatic carbocycles. The first-order valence-electron chi connectivity index (χ1n) is 11.3. The fourth-order valence-corrected chi connectivity index (χ4v) is 6.50. The van der Waals surface area contributed by atoms with Gasteiger partial charge in [0.25, 0.3) is 0 Å². The number of carbonyl (C=O) groups excluding carboxylic acids is 2. The second kappa shape index (κ2) is 11.3. The van der Waals surface area contributed by atoms with Gasteiger partial charge in [0.1, 0.15) is 0 Å². The number of ketones is 1. The Balaban J connectivity index is 1.49. The maximum Gasteiger partial charge on any atom is 0.228 e. The van der Waals surface area contributed by atoms with Crippen LogP contribution in [0.2, 0.25) is 15.1 Å². The minimum Gasteiger partial charge on any atom is -0.325 e. The first-order chi connectivity index (χ1) is 17.1. The Kier molecular flexibility index (Phi) is 8.37. The molecule has 1 N–H and O–H groups in total. The minimum absolute atomic E-state index is 0.0366. The number of nitrogens with zero attached hydrogens (tertiary/aromatic N) is 1. The number of nitrogens with one attached hydrogen (secondary N) is 1. The summed E-state index contributed by atoms with van der Waals surface area (Å²) in [5.74, 6) is -1.50. The van der Waals surface area contributed by atoms with Crippen LogP contribution in [0.1, 0.15) is 34.3 Å². The van der Waals surface area contributed by atoms with Crippen LogP contribution in [-0.4, -0.2) is 37.5 Å². The van der Waals surface area contributed by atoms with Crippen molar-refractivity contribution >= 4 is 62.2 Å². The van der Waals surface area contributed by atoms with Crippen molar-refractivity contribution in [3.8, 4) is 0 Å². The highest BCUT2D eigenvalue weighted by molar-refractivity contribution is 7.88. The number of benzene rings is 3. The quantitative estimate of drug-likeness (QED) is 0.353. The number of amides is 1. The van der Waals surface area contributed by atoms with Crippen molar-refractivity contribution in [1.82, 2.24) is 4.31 Å². The molecule has 36 heavy (non-hydrogen) atoms. The van der Waals surface area contributed by atoms with Crippen LogP contribution in [-0.2, 0) is 20.6 Å². The third kappa shape index (κ3) is 6.28. The molecule has 0 radical (unpaired) electrons. The van der Waals surface area contributed by atoms with Crippen LogP contribution in [0.5, 0.6) is 0 Å². The number of hydrogen-bond acceptors (Lipinski definition) is 4. The first-order valence-corrected chi connectivity index (χ1v) is 14.0. The monoisotopic (exact) mass is 564 g/mol. The average Bonchev–Trinajstić information content (AvgIpc) is 2.87. The molecule has 0 aromatic heterocycles. The van der Waals surface area contributed by atoms with Crippen LogP contribution in [0.15, 0.2) is 66.7 Å². The predicted octanol–water partition coefficient (Wildman–Crippen LogP) is 6.06. The highest BCUT2D eigenvalue weighted by Gasteiger charge is 2.33. The largest absolute Gasteiger partial charge is 0.325 e. The maximum atomic E-state index is 13.2. The van der Waals surface area contributed by atoms with Crippen LogP contribution in [0, 0.1) is 5.92 Å². The summed E-state index contributed by atoms with van der Waals surface area (Å²) in [4.78, 5) is 26.2. The minimum atomic E-state index is -3.72. The van der Waals surface area contributed by atoms with E-state index in [9.17, 15) is 18.0 Å². The van der Waals surface area contributed by atoms with Crippen LogP contribution in [0.4, 0.5) is 5.69 Å². The normalized spacial score (nSPS) is 16.5. The van der Waals surface area contributed by atoms with E-state index in [4.69, 9.17) is 34.8 Å². The molecule has 1 unspecified atom stereocenters. The Morgan fingerprint density at radius 3 is 2.36 bits per heavy atom. The van der Waals surface area contributed by atoms with E-state index < -0.39 is 15.9 Å². The van der Waals surface area contributed by atoms with Crippen molar-refractivity contribution in [2.24, 2.45) is 5.92 Å². The zero-order valence-electron chi connectivity index (χ0n) is 19.1. The second-order valence-electron chi connectivity index (χ2n) is 8.56. The molecule has 0 aliphatic carbocycles. The van der Waals surface area contributed by atoms with E-state index in [2.05, 4.69) is 5.32 Å². The van der Waals surface area contributed by atoms with Crippen molar-refractivity contribution in [3.05, 3.63) is 98.5 Å². The number of carbonyl (C=O) groups is 2. The zero-order valence-corrected chi connectivity index (χ0v) is 22.2. The third-order valence-electron chi connectivity index (χ3n) is 6.02. The summed E-state index contributed by atoms with van der Waals surface area (Å²) >= 11 is 18.2. The summed E-state index contributed by atoms with van der Waals surface area (Å²) in [6.07, 6.45) is 1.05. The lowest BCUT2D eigenvalue weighted by Crippen LogP contribution is -2.44. The lowest BCUT2D eigenvalue weighted by molar-refractivity contribution is -0.120. The van der Waals surface area contributed by atoms with Gasteiger partial charge in [0.15, 0.2) is 5.78 Å². The highest BCUT2D eigenvalue weighted by atomic mass is 35.5. The van der Waals surface area contributed by atoms with E-state index in [1.807, 2.05) is 0 Å². The van der Waals surface area contributed by atoms with Gasteiger partial charge in [0, 0.05) is 39.3 Å². The van der Waals surface area contributed by atoms with Gasteiger partial charge in [-0.25, -0.2) is 12.7 Å². The molecule has 1 saturated heterocycles. The first kappa shape index (κ1) is 26.6. The van der Waals surface area contributed by atoms with Gasteiger partial charge in [-0.1, -0.05) is 71.2 Å². The highest BCUT2D eigenvalue weighted by Crippen LogP contribution is 2.28. The Morgan fingerprint density at radius 1 is 0.944 bits per heavy atom. The molecule has 3 aromatic rings. The maximum absolute atomic E-state index is 13.2. The van der Waals surface area contributed by atoms with Crippen LogP contribution < -0.4 is 5.32 Å². The Hall–Kier alpha value is -2.42. The van der Waals surface area contributed by atoms with Gasteiger partial charge < -0.3 is 5.32 Å². The molecule has 0 saturated carbocycles. The number of hydrogen-bond donors (Lipinski definition) is 1. The molecule has 1 atom stereocenters. The predicted molar refractivity (Wildman–Crippen MR) is 143 cm³/mol. The molecule has 1 aliphatic rings. The SMILES string of the molecule is O=C(c1ccccc1)c1cc(Cl)ccc1NC(=O)C1CCCN(S(=O)(=O)Cc2ccc(Cl)cc2Cl)C1. The molecule has 0 spiro atoms. The summed E-state index contributed by atoms with van der Waals surface area (Å²) < 4.78 is 27.5. The van der Waals surface area contributed by atoms with Crippen LogP contribution >= 0.6 is 34.8 Å². The molecule has 1 heterocycles. The van der Waals surface area contributed by atoms with E-state index in [0.717, 1.165) is 0 Å². The average molecular weight is 566 g/mol. The van der Waals surface area contributed by atoms with E-state index in [-0.39, 0.29) is 34.6 Å². The summed E-state index contributed by atoms with van der Waals surface area (Å²) in [5.41, 5.74) is 1.50. The standard InChI is InChI=1S/C26H23Cl3N2O4S/c27-20-10-11-24(22(13-20)25(32)17-5-2-1-3-6-17)30-26(33)18-7-4-12-31(15-18)36(34,35)16-19-8-9-21(28)14-23(19)29/h1-3,5-6,8-11,13-14,18H,4,7,12,15-16H2,(H,30,33). The van der Waals surface area contributed by atoms with E-state index >= 15 is 0 Å². The number of rotatable bonds is 7. The van der Waals surface area contributed by atoms with Gasteiger partial charge >= 0.3 is 0 Å². The van der Waals surface area contributed by atoms with Crippen molar-refractivity contribution in [3.63, 3.8) is 0 Å². The molecular weight excluding hydrogens is 543 g/mol. The Bertz CT molecular complexity index is 1400. The zero-order chi connectivity index (χ0) is 25.9. The second-order valence-corrected chi connectivity index (χ2v) is 11.8. The van der Waals surface area contributed by atoms with E-state index in [1.54, 1.807) is 54.6 Å². The van der Waals surface area contributed by atoms with Crippen LogP contribution in [0.25, 0.3) is 0 Å². The van der Waals surface area contributed by atoms with Crippen molar-refractivity contribution < 1.29 is 18.0 Å². The number of anilines is 1. The molecular formula is C26H23Cl3N2O4S.